The molecule has 21 heavy (non-hydrogen) atoms. The predicted octanol–water partition coefficient (Wildman–Crippen LogP) is 4.01. The number of rotatable bonds is 3. The van der Waals surface area contributed by atoms with Gasteiger partial charge in [-0.2, -0.15) is 0 Å². The minimum atomic E-state index is 1.13. The molecule has 0 amide bonds. The topological polar surface area (TPSA) is 28.2 Å². The molecule has 1 aromatic heterocycles. The summed E-state index contributed by atoms with van der Waals surface area (Å²) in [5, 5.41) is 3.21. The molecule has 1 fully saturated rings. The van der Waals surface area contributed by atoms with Crippen molar-refractivity contribution in [3.05, 3.63) is 41.7 Å². The van der Waals surface area contributed by atoms with E-state index in [1.54, 1.807) is 0 Å². The summed E-state index contributed by atoms with van der Waals surface area (Å²) in [5.74, 6) is 0. The highest BCUT2D eigenvalue weighted by molar-refractivity contribution is 5.74. The van der Waals surface area contributed by atoms with Crippen LogP contribution in [-0.4, -0.2) is 25.1 Å². The summed E-state index contributed by atoms with van der Waals surface area (Å²) in [6.45, 7) is 6.57. The highest BCUT2D eigenvalue weighted by Crippen LogP contribution is 2.31. The fourth-order valence-corrected chi connectivity index (χ4v) is 3.04. The minimum absolute atomic E-state index is 1.13. The van der Waals surface area contributed by atoms with Gasteiger partial charge in [-0.3, -0.25) is 4.98 Å². The van der Waals surface area contributed by atoms with Gasteiger partial charge in [-0.25, -0.2) is 0 Å². The SMILES string of the molecule is CNc1ccc(C)c(-c2cnc(C)c(N3CCCC3)c2)c1. The maximum absolute atomic E-state index is 4.63. The molecular formula is C18H23N3. The molecule has 0 radical (unpaired) electrons. The second-order valence-corrected chi connectivity index (χ2v) is 5.80. The van der Waals surface area contributed by atoms with E-state index in [4.69, 9.17) is 0 Å². The number of pyridine rings is 1. The van der Waals surface area contributed by atoms with Crippen LogP contribution >= 0.6 is 0 Å². The van der Waals surface area contributed by atoms with Crippen LogP contribution in [0, 0.1) is 13.8 Å². The van der Waals surface area contributed by atoms with Crippen molar-refractivity contribution in [2.24, 2.45) is 0 Å². The predicted molar refractivity (Wildman–Crippen MR) is 90.1 cm³/mol. The van der Waals surface area contributed by atoms with Crippen molar-refractivity contribution in [3.8, 4) is 11.1 Å². The van der Waals surface area contributed by atoms with E-state index in [1.165, 1.54) is 35.2 Å². The zero-order chi connectivity index (χ0) is 14.8. The van der Waals surface area contributed by atoms with E-state index in [-0.39, 0.29) is 0 Å². The Hall–Kier alpha value is -2.03. The Balaban J connectivity index is 2.04. The molecule has 3 nitrogen and oxygen atoms in total. The van der Waals surface area contributed by atoms with Crippen LogP contribution in [0.3, 0.4) is 0 Å². The molecule has 1 aliphatic rings. The van der Waals surface area contributed by atoms with Crippen LogP contribution in [0.4, 0.5) is 11.4 Å². The van der Waals surface area contributed by atoms with E-state index in [0.717, 1.165) is 24.5 Å². The number of nitrogens with one attached hydrogen (secondary N) is 1. The molecule has 0 unspecified atom stereocenters. The number of hydrogen-bond donors (Lipinski definition) is 1. The van der Waals surface area contributed by atoms with Crippen molar-refractivity contribution in [3.63, 3.8) is 0 Å². The third-order valence-corrected chi connectivity index (χ3v) is 4.34. The van der Waals surface area contributed by atoms with Crippen LogP contribution in [0.25, 0.3) is 11.1 Å². The first-order valence-corrected chi connectivity index (χ1v) is 7.69. The number of benzene rings is 1. The summed E-state index contributed by atoms with van der Waals surface area (Å²) in [6.07, 6.45) is 4.58. The largest absolute Gasteiger partial charge is 0.388 e. The smallest absolute Gasteiger partial charge is 0.0606 e. The number of anilines is 2. The Kier molecular flexibility index (Phi) is 3.82. The number of hydrogen-bond acceptors (Lipinski definition) is 3. The second kappa shape index (κ2) is 5.76. The molecular weight excluding hydrogens is 258 g/mol. The lowest BCUT2D eigenvalue weighted by Crippen LogP contribution is -2.19. The van der Waals surface area contributed by atoms with Crippen LogP contribution in [0.1, 0.15) is 24.1 Å². The molecule has 2 heterocycles. The Morgan fingerprint density at radius 1 is 1.10 bits per heavy atom. The summed E-state index contributed by atoms with van der Waals surface area (Å²) in [7, 11) is 1.96. The zero-order valence-corrected chi connectivity index (χ0v) is 13.1. The molecule has 1 N–H and O–H groups in total. The summed E-state index contributed by atoms with van der Waals surface area (Å²) in [5.41, 5.74) is 7.31. The first-order chi connectivity index (χ1) is 10.2. The van der Waals surface area contributed by atoms with Gasteiger partial charge >= 0.3 is 0 Å². The Morgan fingerprint density at radius 3 is 2.57 bits per heavy atom. The lowest BCUT2D eigenvalue weighted by molar-refractivity contribution is 0.949. The van der Waals surface area contributed by atoms with Gasteiger partial charge in [-0.1, -0.05) is 6.07 Å². The van der Waals surface area contributed by atoms with Crippen molar-refractivity contribution < 1.29 is 0 Å². The van der Waals surface area contributed by atoms with Gasteiger partial charge in [0.15, 0.2) is 0 Å². The minimum Gasteiger partial charge on any atom is -0.388 e. The van der Waals surface area contributed by atoms with E-state index in [9.17, 15) is 0 Å². The highest BCUT2D eigenvalue weighted by Gasteiger charge is 2.16. The van der Waals surface area contributed by atoms with Crippen LogP contribution in [0.5, 0.6) is 0 Å². The molecule has 1 aliphatic heterocycles. The number of aryl methyl sites for hydroxylation is 2. The van der Waals surface area contributed by atoms with Gasteiger partial charge in [0.25, 0.3) is 0 Å². The van der Waals surface area contributed by atoms with Gasteiger partial charge in [-0.05, 0) is 56.0 Å². The van der Waals surface area contributed by atoms with Gasteiger partial charge in [0.2, 0.25) is 0 Å². The van der Waals surface area contributed by atoms with Crippen molar-refractivity contribution in [2.75, 3.05) is 30.4 Å². The lowest BCUT2D eigenvalue weighted by Gasteiger charge is -2.20. The molecule has 0 aliphatic carbocycles. The molecule has 0 spiro atoms. The quantitative estimate of drug-likeness (QED) is 0.921. The molecule has 0 atom stereocenters. The van der Waals surface area contributed by atoms with Crippen molar-refractivity contribution in [1.29, 1.82) is 0 Å². The molecule has 1 aromatic carbocycles. The lowest BCUT2D eigenvalue weighted by atomic mass is 10.0. The standard InChI is InChI=1S/C18H23N3/c1-13-6-7-16(19-3)11-17(13)15-10-18(14(2)20-12-15)21-8-4-5-9-21/h6-7,10-12,19H,4-5,8-9H2,1-3H3. The number of nitrogens with zero attached hydrogens (tertiary/aromatic N) is 2. The summed E-state index contributed by atoms with van der Waals surface area (Å²) in [6, 6.07) is 8.78. The van der Waals surface area contributed by atoms with E-state index in [1.807, 2.05) is 13.2 Å². The summed E-state index contributed by atoms with van der Waals surface area (Å²) in [4.78, 5) is 7.10. The van der Waals surface area contributed by atoms with E-state index < -0.39 is 0 Å². The van der Waals surface area contributed by atoms with E-state index in [2.05, 4.69) is 53.3 Å². The second-order valence-electron chi connectivity index (χ2n) is 5.80. The Labute approximate surface area is 127 Å². The first kappa shape index (κ1) is 13.9. The summed E-state index contributed by atoms with van der Waals surface area (Å²) >= 11 is 0. The normalized spacial score (nSPS) is 14.5. The van der Waals surface area contributed by atoms with Crippen molar-refractivity contribution in [2.45, 2.75) is 26.7 Å². The van der Waals surface area contributed by atoms with Gasteiger partial charge < -0.3 is 10.2 Å². The van der Waals surface area contributed by atoms with Gasteiger partial charge in [0.05, 0.1) is 11.4 Å². The van der Waals surface area contributed by atoms with Gasteiger partial charge in [0.1, 0.15) is 0 Å². The average molecular weight is 281 g/mol. The van der Waals surface area contributed by atoms with E-state index in [0.29, 0.717) is 0 Å². The highest BCUT2D eigenvalue weighted by atomic mass is 15.1. The Bertz CT molecular complexity index is 643. The Morgan fingerprint density at radius 2 is 1.86 bits per heavy atom. The first-order valence-electron chi connectivity index (χ1n) is 7.69. The molecule has 2 aromatic rings. The van der Waals surface area contributed by atoms with Crippen molar-refractivity contribution >= 4 is 11.4 Å². The van der Waals surface area contributed by atoms with Crippen LogP contribution in [0.15, 0.2) is 30.5 Å². The number of aromatic nitrogens is 1. The van der Waals surface area contributed by atoms with E-state index >= 15 is 0 Å². The van der Waals surface area contributed by atoms with Crippen LogP contribution in [0.2, 0.25) is 0 Å². The fourth-order valence-electron chi connectivity index (χ4n) is 3.04. The van der Waals surface area contributed by atoms with Crippen molar-refractivity contribution in [1.82, 2.24) is 4.98 Å². The maximum Gasteiger partial charge on any atom is 0.0606 e. The summed E-state index contributed by atoms with van der Waals surface area (Å²) < 4.78 is 0. The molecule has 3 heteroatoms. The fraction of sp³-hybridized carbons (Fsp3) is 0.389. The third kappa shape index (κ3) is 2.73. The molecule has 1 saturated heterocycles. The molecule has 110 valence electrons. The molecule has 0 saturated carbocycles. The molecule has 3 rings (SSSR count). The average Bonchev–Trinajstić information content (AvgIpc) is 3.02. The van der Waals surface area contributed by atoms with Gasteiger partial charge in [-0.15, -0.1) is 0 Å². The monoisotopic (exact) mass is 281 g/mol. The van der Waals surface area contributed by atoms with Crippen LogP contribution < -0.4 is 10.2 Å². The molecule has 0 bridgehead atoms. The maximum atomic E-state index is 4.63. The van der Waals surface area contributed by atoms with Gasteiger partial charge in [0, 0.05) is 37.6 Å². The zero-order valence-electron chi connectivity index (χ0n) is 13.1. The van der Waals surface area contributed by atoms with Crippen LogP contribution in [-0.2, 0) is 0 Å². The third-order valence-electron chi connectivity index (χ3n) is 4.34.